The highest BCUT2D eigenvalue weighted by Crippen LogP contribution is 2.37. The maximum absolute atomic E-state index is 15.8. The van der Waals surface area contributed by atoms with E-state index in [1.165, 1.54) is 6.08 Å². The standard InChI is InChI=1S/C24H19ClFN5O2/c1-2-19(32)30-8-10-31(11-9-30)23-16-7-6-15(21(26)22(16)28-24(33)29-23)17-13-27-12-14-4-3-5-18(25)20(14)17/h2-7,12-13H,1,8-11H2,(H,28,29,33). The fourth-order valence-electron chi connectivity index (χ4n) is 4.29. The molecule has 9 heteroatoms. The van der Waals surface area contributed by atoms with Crippen LogP contribution < -0.4 is 10.6 Å². The number of carbonyl (C=O) groups excluding carboxylic acids is 1. The second-order valence-electron chi connectivity index (χ2n) is 7.76. The number of nitrogens with one attached hydrogen (secondary N) is 1. The number of fused-ring (bicyclic) bond motifs is 2. The molecule has 0 spiro atoms. The average molecular weight is 464 g/mol. The minimum absolute atomic E-state index is 0.0659. The molecule has 33 heavy (non-hydrogen) atoms. The third-order valence-corrected chi connectivity index (χ3v) is 6.23. The van der Waals surface area contributed by atoms with E-state index in [1.54, 1.807) is 35.5 Å². The van der Waals surface area contributed by atoms with Gasteiger partial charge in [-0.05, 0) is 18.2 Å². The molecule has 0 aliphatic carbocycles. The molecule has 7 nitrogen and oxygen atoms in total. The summed E-state index contributed by atoms with van der Waals surface area (Å²) in [5.41, 5.74) is 0.236. The summed E-state index contributed by atoms with van der Waals surface area (Å²) in [5, 5.41) is 2.45. The van der Waals surface area contributed by atoms with Gasteiger partial charge in [-0.25, -0.2) is 9.18 Å². The van der Waals surface area contributed by atoms with Gasteiger partial charge in [0.15, 0.2) is 5.82 Å². The molecule has 166 valence electrons. The Balaban J connectivity index is 1.62. The first-order valence-electron chi connectivity index (χ1n) is 10.4. The van der Waals surface area contributed by atoms with E-state index >= 15 is 4.39 Å². The van der Waals surface area contributed by atoms with E-state index < -0.39 is 11.5 Å². The molecular weight excluding hydrogens is 445 g/mol. The van der Waals surface area contributed by atoms with E-state index in [0.717, 1.165) is 5.39 Å². The van der Waals surface area contributed by atoms with Crippen LogP contribution in [0.25, 0.3) is 32.8 Å². The van der Waals surface area contributed by atoms with Crippen LogP contribution in [0.4, 0.5) is 10.2 Å². The lowest BCUT2D eigenvalue weighted by atomic mass is 9.99. The Kier molecular flexibility index (Phi) is 5.30. The molecule has 0 radical (unpaired) electrons. The van der Waals surface area contributed by atoms with Crippen LogP contribution in [-0.4, -0.2) is 51.9 Å². The number of aromatic amines is 1. The van der Waals surface area contributed by atoms with Gasteiger partial charge in [0.05, 0.1) is 5.52 Å². The van der Waals surface area contributed by atoms with E-state index in [1.807, 2.05) is 17.0 Å². The monoisotopic (exact) mass is 463 g/mol. The van der Waals surface area contributed by atoms with Crippen LogP contribution in [-0.2, 0) is 4.79 Å². The van der Waals surface area contributed by atoms with Gasteiger partial charge < -0.3 is 14.8 Å². The maximum atomic E-state index is 15.8. The number of halogens is 2. The molecule has 1 aliphatic heterocycles. The van der Waals surface area contributed by atoms with E-state index in [0.29, 0.717) is 53.4 Å². The van der Waals surface area contributed by atoms with Gasteiger partial charge in [-0.15, -0.1) is 0 Å². The van der Waals surface area contributed by atoms with Gasteiger partial charge in [-0.2, -0.15) is 4.98 Å². The highest BCUT2D eigenvalue weighted by atomic mass is 35.5. The van der Waals surface area contributed by atoms with Crippen molar-refractivity contribution >= 4 is 45.0 Å². The van der Waals surface area contributed by atoms with E-state index in [4.69, 9.17) is 11.6 Å². The van der Waals surface area contributed by atoms with Gasteiger partial charge in [0.1, 0.15) is 5.82 Å². The molecule has 0 saturated carbocycles. The minimum Gasteiger partial charge on any atom is -0.352 e. The molecule has 1 fully saturated rings. The third-order valence-electron chi connectivity index (χ3n) is 5.91. The number of hydrogen-bond acceptors (Lipinski definition) is 5. The molecule has 4 aromatic rings. The highest BCUT2D eigenvalue weighted by molar-refractivity contribution is 6.36. The summed E-state index contributed by atoms with van der Waals surface area (Å²) < 4.78 is 15.8. The quantitative estimate of drug-likeness (QED) is 0.468. The molecule has 3 heterocycles. The first-order chi connectivity index (χ1) is 16.0. The summed E-state index contributed by atoms with van der Waals surface area (Å²) in [6.45, 7) is 5.37. The van der Waals surface area contributed by atoms with Crippen molar-refractivity contribution in [3.63, 3.8) is 0 Å². The molecule has 0 atom stereocenters. The van der Waals surface area contributed by atoms with Crippen molar-refractivity contribution in [1.29, 1.82) is 0 Å². The Morgan fingerprint density at radius 2 is 1.91 bits per heavy atom. The Morgan fingerprint density at radius 1 is 1.12 bits per heavy atom. The molecule has 1 saturated heterocycles. The van der Waals surface area contributed by atoms with Crippen molar-refractivity contribution in [2.24, 2.45) is 0 Å². The molecule has 2 aromatic carbocycles. The Hall–Kier alpha value is -3.78. The number of carbonyl (C=O) groups is 1. The first kappa shape index (κ1) is 21.1. The number of H-pyrrole nitrogens is 1. The highest BCUT2D eigenvalue weighted by Gasteiger charge is 2.24. The number of amides is 1. The number of rotatable bonds is 3. The molecular formula is C24H19ClFN5O2. The normalized spacial score (nSPS) is 14.1. The van der Waals surface area contributed by atoms with E-state index in [2.05, 4.69) is 21.5 Å². The first-order valence-corrected chi connectivity index (χ1v) is 10.8. The number of piperazine rings is 1. The van der Waals surface area contributed by atoms with E-state index in [9.17, 15) is 9.59 Å². The minimum atomic E-state index is -0.646. The van der Waals surface area contributed by atoms with Crippen LogP contribution in [0.3, 0.4) is 0 Å². The largest absolute Gasteiger partial charge is 0.352 e. The molecule has 1 amide bonds. The maximum Gasteiger partial charge on any atom is 0.347 e. The van der Waals surface area contributed by atoms with Crippen molar-refractivity contribution in [3.05, 3.63) is 76.7 Å². The summed E-state index contributed by atoms with van der Waals surface area (Å²) >= 11 is 6.42. The number of pyridine rings is 1. The molecule has 0 unspecified atom stereocenters. The molecule has 1 N–H and O–H groups in total. The lowest BCUT2D eigenvalue weighted by Gasteiger charge is -2.35. The van der Waals surface area contributed by atoms with Gasteiger partial charge in [0.25, 0.3) is 0 Å². The number of benzene rings is 2. The van der Waals surface area contributed by atoms with Crippen LogP contribution in [0.2, 0.25) is 5.02 Å². The zero-order valence-corrected chi connectivity index (χ0v) is 18.3. The van der Waals surface area contributed by atoms with Crippen molar-refractivity contribution in [1.82, 2.24) is 19.9 Å². The molecule has 5 rings (SSSR count). The fraction of sp³-hybridized carbons (Fsp3) is 0.167. The summed E-state index contributed by atoms with van der Waals surface area (Å²) in [6.07, 6.45) is 4.51. The van der Waals surface area contributed by atoms with Crippen LogP contribution >= 0.6 is 11.6 Å². The number of anilines is 1. The fourth-order valence-corrected chi connectivity index (χ4v) is 4.57. The van der Waals surface area contributed by atoms with Crippen molar-refractivity contribution in [2.75, 3.05) is 31.1 Å². The average Bonchev–Trinajstić information content (AvgIpc) is 2.84. The molecule has 2 aromatic heterocycles. The second kappa shape index (κ2) is 8.29. The van der Waals surface area contributed by atoms with Crippen LogP contribution in [0, 0.1) is 5.82 Å². The lowest BCUT2D eigenvalue weighted by Crippen LogP contribution is -2.49. The zero-order chi connectivity index (χ0) is 23.1. The van der Waals surface area contributed by atoms with Gasteiger partial charge in [0, 0.05) is 70.9 Å². The molecule has 0 bridgehead atoms. The van der Waals surface area contributed by atoms with Gasteiger partial charge in [-0.1, -0.05) is 36.4 Å². The van der Waals surface area contributed by atoms with Crippen LogP contribution in [0.15, 0.2) is 60.2 Å². The number of nitrogens with zero attached hydrogens (tertiary/aromatic N) is 4. The second-order valence-corrected chi connectivity index (χ2v) is 8.16. The van der Waals surface area contributed by atoms with Crippen molar-refractivity contribution < 1.29 is 9.18 Å². The van der Waals surface area contributed by atoms with Crippen LogP contribution in [0.1, 0.15) is 0 Å². The Labute approximate surface area is 193 Å². The van der Waals surface area contributed by atoms with Crippen molar-refractivity contribution in [3.8, 4) is 11.1 Å². The SMILES string of the molecule is C=CC(=O)N1CCN(c2nc(=O)[nH]c3c(F)c(-c4cncc5cccc(Cl)c45)ccc23)CC1. The predicted molar refractivity (Wildman–Crippen MR) is 127 cm³/mol. The van der Waals surface area contributed by atoms with Crippen molar-refractivity contribution in [2.45, 2.75) is 0 Å². The van der Waals surface area contributed by atoms with E-state index in [-0.39, 0.29) is 17.0 Å². The molecule has 1 aliphatic rings. The Bertz CT molecular complexity index is 1470. The van der Waals surface area contributed by atoms with Crippen LogP contribution in [0.5, 0.6) is 0 Å². The topological polar surface area (TPSA) is 82.2 Å². The van der Waals surface area contributed by atoms with Gasteiger partial charge in [0.2, 0.25) is 5.91 Å². The zero-order valence-electron chi connectivity index (χ0n) is 17.5. The number of hydrogen-bond donors (Lipinski definition) is 1. The summed E-state index contributed by atoms with van der Waals surface area (Å²) in [7, 11) is 0. The predicted octanol–water partition coefficient (Wildman–Crippen LogP) is 3.77. The summed E-state index contributed by atoms with van der Waals surface area (Å²) in [6, 6.07) is 8.80. The Morgan fingerprint density at radius 3 is 2.67 bits per heavy atom. The smallest absolute Gasteiger partial charge is 0.347 e. The summed E-state index contributed by atoms with van der Waals surface area (Å²) in [4.78, 5) is 38.7. The number of aromatic nitrogens is 3. The lowest BCUT2D eigenvalue weighted by molar-refractivity contribution is -0.126. The third kappa shape index (κ3) is 3.62. The summed E-state index contributed by atoms with van der Waals surface area (Å²) in [5.74, 6) is -0.335. The van der Waals surface area contributed by atoms with Gasteiger partial charge in [-0.3, -0.25) is 9.78 Å². The van der Waals surface area contributed by atoms with Gasteiger partial charge >= 0.3 is 5.69 Å².